The van der Waals surface area contributed by atoms with Gasteiger partial charge in [-0.25, -0.2) is 9.59 Å². The van der Waals surface area contributed by atoms with E-state index < -0.39 is 11.9 Å². The molecule has 1 heterocycles. The number of ether oxygens (including phenoxy) is 1. The van der Waals surface area contributed by atoms with Gasteiger partial charge in [0.15, 0.2) is 0 Å². The van der Waals surface area contributed by atoms with Crippen molar-refractivity contribution in [2.24, 2.45) is 0 Å². The third-order valence-corrected chi connectivity index (χ3v) is 2.74. The number of hydrogen-bond donors (Lipinski definition) is 2. The molecule has 0 aromatic carbocycles. The van der Waals surface area contributed by atoms with E-state index >= 15 is 0 Å². The van der Waals surface area contributed by atoms with Crippen LogP contribution in [0.15, 0.2) is 22.9 Å². The second-order valence-electron chi connectivity index (χ2n) is 4.21. The van der Waals surface area contributed by atoms with Crippen LogP contribution in [0.25, 0.3) is 0 Å². The van der Waals surface area contributed by atoms with Gasteiger partial charge in [0.25, 0.3) is 0 Å². The maximum atomic E-state index is 11.8. The summed E-state index contributed by atoms with van der Waals surface area (Å²) >= 11 is 0. The topological polar surface area (TPSA) is 99.4 Å². The monoisotopic (exact) mass is 264 g/mol. The molecule has 1 unspecified atom stereocenters. The molecule has 0 radical (unpaired) electrons. The Balaban J connectivity index is 2.75. The van der Waals surface area contributed by atoms with Gasteiger partial charge in [-0.05, 0) is 26.3 Å². The lowest BCUT2D eigenvalue weighted by Crippen LogP contribution is -2.35. The number of unbranched alkanes of at least 4 members (excludes halogenated alkanes) is 1. The molecule has 0 saturated carbocycles. The number of dihydropyridines is 1. The molecule has 0 aromatic heterocycles. The Morgan fingerprint density at radius 3 is 2.84 bits per heavy atom. The molecule has 1 rings (SSSR count). The predicted octanol–water partition coefficient (Wildman–Crippen LogP) is 1.11. The molecule has 0 bridgehead atoms. The zero-order chi connectivity index (χ0) is 14.4. The lowest BCUT2D eigenvalue weighted by atomic mass is 9.99. The van der Waals surface area contributed by atoms with Crippen LogP contribution in [0.5, 0.6) is 0 Å². The highest BCUT2D eigenvalue weighted by atomic mass is 16.5. The number of carbonyl (C=O) groups excluding carboxylic acids is 1. The van der Waals surface area contributed by atoms with E-state index in [4.69, 9.17) is 15.1 Å². The number of nitrogens with one attached hydrogen (secondary N) is 1. The van der Waals surface area contributed by atoms with Crippen LogP contribution < -0.4 is 5.32 Å². The quantitative estimate of drug-likeness (QED) is 0.570. The average Bonchev–Trinajstić information content (AvgIpc) is 2.34. The summed E-state index contributed by atoms with van der Waals surface area (Å²) in [6, 6.07) is 1.65. The van der Waals surface area contributed by atoms with Crippen molar-refractivity contribution in [2.75, 3.05) is 6.61 Å². The molecule has 102 valence electrons. The fraction of sp³-hybridized carbons (Fsp3) is 0.462. The fourth-order valence-corrected chi connectivity index (χ4v) is 1.73. The van der Waals surface area contributed by atoms with Crippen LogP contribution in [0, 0.1) is 11.3 Å². The van der Waals surface area contributed by atoms with Gasteiger partial charge in [0.2, 0.25) is 0 Å². The Morgan fingerprint density at radius 2 is 2.26 bits per heavy atom. The summed E-state index contributed by atoms with van der Waals surface area (Å²) < 4.78 is 5.00. The number of carboxylic acids is 1. The molecule has 6 nitrogen and oxygen atoms in total. The van der Waals surface area contributed by atoms with Crippen molar-refractivity contribution in [2.45, 2.75) is 32.7 Å². The second-order valence-corrected chi connectivity index (χ2v) is 4.21. The predicted molar refractivity (Wildman–Crippen MR) is 66.8 cm³/mol. The van der Waals surface area contributed by atoms with Crippen LogP contribution in [0.1, 0.15) is 26.7 Å². The molecular weight excluding hydrogens is 248 g/mol. The van der Waals surface area contributed by atoms with Crippen LogP contribution in [0.4, 0.5) is 0 Å². The lowest BCUT2D eigenvalue weighted by Gasteiger charge is -2.23. The highest BCUT2D eigenvalue weighted by Gasteiger charge is 2.25. The number of carbonyl (C=O) groups is 2. The van der Waals surface area contributed by atoms with E-state index in [0.29, 0.717) is 18.5 Å². The molecule has 1 aliphatic heterocycles. The Hall–Kier alpha value is -2.29. The van der Waals surface area contributed by atoms with Crippen LogP contribution in [-0.2, 0) is 14.3 Å². The highest BCUT2D eigenvalue weighted by Crippen LogP contribution is 2.18. The molecule has 2 N–H and O–H groups in total. The standard InChI is InChI=1S/C13H16N2O4/c1-8-10(12(16)17)7-11(9(2)15-8)13(18)19-6-4-3-5-14/h7,9,15H,3-4,6H2,1-2H3,(H,16,17). The highest BCUT2D eigenvalue weighted by molar-refractivity contribution is 5.97. The smallest absolute Gasteiger partial charge is 0.337 e. The molecule has 6 heteroatoms. The van der Waals surface area contributed by atoms with Gasteiger partial charge >= 0.3 is 11.9 Å². The van der Waals surface area contributed by atoms with Crippen molar-refractivity contribution >= 4 is 11.9 Å². The Labute approximate surface area is 111 Å². The number of allylic oxidation sites excluding steroid dienone is 1. The van der Waals surface area contributed by atoms with Gasteiger partial charge in [0.1, 0.15) is 0 Å². The van der Waals surface area contributed by atoms with Crippen LogP contribution in [-0.4, -0.2) is 29.7 Å². The molecule has 0 aliphatic carbocycles. The Bertz CT molecular complexity index is 485. The number of carboxylic acid groups (broad SMARTS) is 1. The summed E-state index contributed by atoms with van der Waals surface area (Å²) in [5.41, 5.74) is 0.850. The van der Waals surface area contributed by atoms with E-state index in [1.165, 1.54) is 6.08 Å². The number of aliphatic carboxylic acids is 1. The van der Waals surface area contributed by atoms with Crippen molar-refractivity contribution in [3.63, 3.8) is 0 Å². The van der Waals surface area contributed by atoms with Gasteiger partial charge in [-0.3, -0.25) is 0 Å². The van der Waals surface area contributed by atoms with Crippen molar-refractivity contribution in [1.82, 2.24) is 5.32 Å². The minimum absolute atomic E-state index is 0.0575. The first-order chi connectivity index (χ1) is 8.97. The number of nitrogens with zero attached hydrogens (tertiary/aromatic N) is 1. The van der Waals surface area contributed by atoms with E-state index in [-0.39, 0.29) is 23.8 Å². The van der Waals surface area contributed by atoms with E-state index in [9.17, 15) is 9.59 Å². The maximum absolute atomic E-state index is 11.8. The minimum atomic E-state index is -1.09. The number of rotatable bonds is 5. The van der Waals surface area contributed by atoms with Gasteiger partial charge in [0, 0.05) is 12.1 Å². The van der Waals surface area contributed by atoms with Crippen molar-refractivity contribution in [3.05, 3.63) is 22.9 Å². The normalized spacial score (nSPS) is 18.2. The van der Waals surface area contributed by atoms with Gasteiger partial charge < -0.3 is 15.2 Å². The van der Waals surface area contributed by atoms with Crippen molar-refractivity contribution < 1.29 is 19.4 Å². The number of nitriles is 1. The first kappa shape index (κ1) is 14.8. The van der Waals surface area contributed by atoms with E-state index in [1.807, 2.05) is 6.07 Å². The van der Waals surface area contributed by atoms with Crippen molar-refractivity contribution in [3.8, 4) is 6.07 Å². The van der Waals surface area contributed by atoms with Crippen LogP contribution >= 0.6 is 0 Å². The lowest BCUT2D eigenvalue weighted by molar-refractivity contribution is -0.139. The molecule has 0 fully saturated rings. The first-order valence-corrected chi connectivity index (χ1v) is 5.93. The molecule has 0 spiro atoms. The molecule has 0 amide bonds. The van der Waals surface area contributed by atoms with Gasteiger partial charge in [0.05, 0.1) is 29.9 Å². The summed E-state index contributed by atoms with van der Waals surface area (Å²) in [5, 5.41) is 20.3. The summed E-state index contributed by atoms with van der Waals surface area (Å²) in [4.78, 5) is 22.8. The Kier molecular flexibility index (Phi) is 5.12. The number of hydrogen-bond acceptors (Lipinski definition) is 5. The average molecular weight is 264 g/mol. The second kappa shape index (κ2) is 6.59. The molecule has 0 saturated heterocycles. The molecule has 1 aliphatic rings. The fourth-order valence-electron chi connectivity index (χ4n) is 1.73. The summed E-state index contributed by atoms with van der Waals surface area (Å²) in [6.07, 6.45) is 2.13. The SMILES string of the molecule is CC1=C(C(=O)O)C=C(C(=O)OCCCC#N)C(C)N1. The van der Waals surface area contributed by atoms with E-state index in [0.717, 1.165) is 0 Å². The van der Waals surface area contributed by atoms with Crippen LogP contribution in [0.2, 0.25) is 0 Å². The number of esters is 1. The van der Waals surface area contributed by atoms with Gasteiger partial charge in [-0.1, -0.05) is 0 Å². The third-order valence-electron chi connectivity index (χ3n) is 2.74. The summed E-state index contributed by atoms with van der Waals surface area (Å²) in [6.45, 7) is 3.55. The third kappa shape index (κ3) is 3.85. The Morgan fingerprint density at radius 1 is 1.58 bits per heavy atom. The van der Waals surface area contributed by atoms with Crippen LogP contribution in [0.3, 0.4) is 0 Å². The van der Waals surface area contributed by atoms with Gasteiger partial charge in [-0.2, -0.15) is 5.26 Å². The summed E-state index contributed by atoms with van der Waals surface area (Å²) in [7, 11) is 0. The molecular formula is C13H16N2O4. The molecule has 0 aromatic rings. The largest absolute Gasteiger partial charge is 0.478 e. The first-order valence-electron chi connectivity index (χ1n) is 5.93. The zero-order valence-corrected chi connectivity index (χ0v) is 10.9. The van der Waals surface area contributed by atoms with E-state index in [1.54, 1.807) is 13.8 Å². The minimum Gasteiger partial charge on any atom is -0.478 e. The van der Waals surface area contributed by atoms with E-state index in [2.05, 4.69) is 5.32 Å². The zero-order valence-electron chi connectivity index (χ0n) is 10.9. The molecule has 19 heavy (non-hydrogen) atoms. The maximum Gasteiger partial charge on any atom is 0.337 e. The van der Waals surface area contributed by atoms with Gasteiger partial charge in [-0.15, -0.1) is 0 Å². The van der Waals surface area contributed by atoms with Crippen molar-refractivity contribution in [1.29, 1.82) is 5.26 Å². The molecule has 1 atom stereocenters. The summed E-state index contributed by atoms with van der Waals surface area (Å²) in [5.74, 6) is -1.64.